The van der Waals surface area contributed by atoms with Crippen LogP contribution in [0.25, 0.3) is 0 Å². The molecule has 1 amide bonds. The molecule has 2 aromatic rings. The first-order valence-corrected chi connectivity index (χ1v) is 9.11. The third-order valence-corrected chi connectivity index (χ3v) is 5.47. The Morgan fingerprint density at radius 1 is 1.19 bits per heavy atom. The molecule has 6 nitrogen and oxygen atoms in total. The van der Waals surface area contributed by atoms with Gasteiger partial charge in [0, 0.05) is 31.7 Å². The molecule has 2 heterocycles. The van der Waals surface area contributed by atoms with Crippen LogP contribution < -0.4 is 5.56 Å². The predicted octanol–water partition coefficient (Wildman–Crippen LogP) is 2.20. The summed E-state index contributed by atoms with van der Waals surface area (Å²) in [7, 11) is 1.67. The highest BCUT2D eigenvalue weighted by molar-refractivity contribution is 5.95. The lowest BCUT2D eigenvalue weighted by atomic mass is 9.89. The Hall–Kier alpha value is -2.89. The molecule has 0 bridgehead atoms. The number of nitrogens with zero attached hydrogens (tertiary/aromatic N) is 2. The Morgan fingerprint density at radius 2 is 1.85 bits per heavy atom. The summed E-state index contributed by atoms with van der Waals surface area (Å²) in [6.07, 6.45) is 0.701. The lowest BCUT2D eigenvalue weighted by Gasteiger charge is -2.18. The van der Waals surface area contributed by atoms with Gasteiger partial charge in [-0.15, -0.1) is 0 Å². The van der Waals surface area contributed by atoms with E-state index in [2.05, 4.69) is 0 Å². The van der Waals surface area contributed by atoms with Crippen LogP contribution >= 0.6 is 0 Å². The molecule has 1 N–H and O–H groups in total. The second-order valence-corrected chi connectivity index (χ2v) is 7.08. The zero-order valence-electron chi connectivity index (χ0n) is 15.8. The Morgan fingerprint density at radius 3 is 2.44 bits per heavy atom. The Labute approximate surface area is 158 Å². The molecule has 1 fully saturated rings. The highest BCUT2D eigenvalue weighted by Crippen LogP contribution is 2.33. The number of rotatable bonds is 4. The van der Waals surface area contributed by atoms with Crippen molar-refractivity contribution >= 4 is 11.9 Å². The van der Waals surface area contributed by atoms with Crippen molar-refractivity contribution in [2.45, 2.75) is 26.2 Å². The molecule has 1 aromatic carbocycles. The van der Waals surface area contributed by atoms with Crippen molar-refractivity contribution in [2.75, 3.05) is 13.1 Å². The van der Waals surface area contributed by atoms with Crippen molar-refractivity contribution in [2.24, 2.45) is 13.0 Å². The van der Waals surface area contributed by atoms with Gasteiger partial charge in [-0.05, 0) is 30.5 Å². The molecule has 0 unspecified atom stereocenters. The minimum atomic E-state index is -0.926. The summed E-state index contributed by atoms with van der Waals surface area (Å²) in [5.41, 5.74) is 2.44. The van der Waals surface area contributed by atoms with Gasteiger partial charge in [-0.25, -0.2) is 0 Å². The van der Waals surface area contributed by atoms with Crippen molar-refractivity contribution in [3.05, 3.63) is 69.1 Å². The smallest absolute Gasteiger partial charge is 0.308 e. The molecule has 142 valence electrons. The number of carboxylic acids is 1. The second-order valence-electron chi connectivity index (χ2n) is 7.08. The molecule has 0 aliphatic carbocycles. The van der Waals surface area contributed by atoms with Crippen LogP contribution in [0.5, 0.6) is 0 Å². The number of likely N-dealkylation sites (tertiary alicyclic amines) is 1. The van der Waals surface area contributed by atoms with Crippen molar-refractivity contribution in [1.82, 2.24) is 9.47 Å². The van der Waals surface area contributed by atoms with Gasteiger partial charge in [0.1, 0.15) is 5.56 Å². The van der Waals surface area contributed by atoms with Crippen molar-refractivity contribution in [3.63, 3.8) is 0 Å². The Balaban J connectivity index is 1.95. The molecule has 0 saturated carbocycles. The summed E-state index contributed by atoms with van der Waals surface area (Å²) in [5, 5.41) is 9.62. The maximum atomic E-state index is 13.0. The lowest BCUT2D eigenvalue weighted by Crippen LogP contribution is -2.36. The van der Waals surface area contributed by atoms with Gasteiger partial charge in [0.05, 0.1) is 5.92 Å². The van der Waals surface area contributed by atoms with Crippen LogP contribution in [0.3, 0.4) is 0 Å². The van der Waals surface area contributed by atoms with Gasteiger partial charge in [-0.2, -0.15) is 0 Å². The van der Waals surface area contributed by atoms with E-state index in [0.717, 1.165) is 16.8 Å². The predicted molar refractivity (Wildman–Crippen MR) is 102 cm³/mol. The normalized spacial score (nSPS) is 19.3. The average molecular weight is 368 g/mol. The zero-order chi connectivity index (χ0) is 19.7. The van der Waals surface area contributed by atoms with Gasteiger partial charge >= 0.3 is 5.97 Å². The molecule has 1 saturated heterocycles. The van der Waals surface area contributed by atoms with E-state index in [-0.39, 0.29) is 30.1 Å². The third kappa shape index (κ3) is 3.39. The Kier molecular flexibility index (Phi) is 5.17. The lowest BCUT2D eigenvalue weighted by molar-refractivity contribution is -0.141. The monoisotopic (exact) mass is 368 g/mol. The van der Waals surface area contributed by atoms with Crippen molar-refractivity contribution < 1.29 is 14.7 Å². The van der Waals surface area contributed by atoms with E-state index in [1.54, 1.807) is 13.1 Å². The first-order chi connectivity index (χ1) is 12.8. The fourth-order valence-corrected chi connectivity index (χ4v) is 4.03. The summed E-state index contributed by atoms with van der Waals surface area (Å²) in [4.78, 5) is 38.9. The number of benzene rings is 1. The van der Waals surface area contributed by atoms with E-state index in [1.165, 1.54) is 9.47 Å². The minimum Gasteiger partial charge on any atom is -0.481 e. The number of aryl methyl sites for hydroxylation is 1. The van der Waals surface area contributed by atoms with Crippen molar-refractivity contribution in [3.8, 4) is 0 Å². The Bertz CT molecular complexity index is 933. The van der Waals surface area contributed by atoms with E-state index in [1.807, 2.05) is 44.2 Å². The maximum absolute atomic E-state index is 13.0. The summed E-state index contributed by atoms with van der Waals surface area (Å²) in [6.45, 7) is 4.24. The second kappa shape index (κ2) is 7.39. The topological polar surface area (TPSA) is 79.6 Å². The zero-order valence-corrected chi connectivity index (χ0v) is 15.8. The summed E-state index contributed by atoms with van der Waals surface area (Å²) in [5.74, 6) is -2.29. The summed E-state index contributed by atoms with van der Waals surface area (Å²) in [6, 6.07) is 11.0. The standard InChI is InChI=1S/C21H24N2O4/c1-4-18-13(2)10-15(19(24)22(18)3)20(25)23-11-16(17(12-23)21(26)27)14-8-6-5-7-9-14/h5-10,16-17H,4,11-12H2,1-3H3,(H,26,27)/t16-,17+/m0/s1. The molecule has 27 heavy (non-hydrogen) atoms. The summed E-state index contributed by atoms with van der Waals surface area (Å²) >= 11 is 0. The van der Waals surface area contributed by atoms with Crippen LogP contribution in [0, 0.1) is 12.8 Å². The van der Waals surface area contributed by atoms with Gasteiger partial charge in [0.25, 0.3) is 11.5 Å². The van der Waals surface area contributed by atoms with Crippen LogP contribution in [0.2, 0.25) is 0 Å². The first kappa shape index (κ1) is 18.9. The highest BCUT2D eigenvalue weighted by atomic mass is 16.4. The molecule has 1 aliphatic rings. The van der Waals surface area contributed by atoms with E-state index < -0.39 is 17.8 Å². The number of carboxylic acid groups (broad SMARTS) is 1. The number of hydrogen-bond acceptors (Lipinski definition) is 3. The van der Waals surface area contributed by atoms with Crippen molar-refractivity contribution in [1.29, 1.82) is 0 Å². The van der Waals surface area contributed by atoms with Gasteiger partial charge in [0.2, 0.25) is 0 Å². The van der Waals surface area contributed by atoms with E-state index in [0.29, 0.717) is 6.42 Å². The quantitative estimate of drug-likeness (QED) is 0.897. The van der Waals surface area contributed by atoms with E-state index in [9.17, 15) is 19.5 Å². The molecular weight excluding hydrogens is 344 g/mol. The SMILES string of the molecule is CCc1c(C)cc(C(=O)N2C[C@@H](C(=O)O)[C@H](c3ccccc3)C2)c(=O)n1C. The van der Waals surface area contributed by atoms with E-state index in [4.69, 9.17) is 0 Å². The van der Waals surface area contributed by atoms with E-state index >= 15 is 0 Å². The molecular formula is C21H24N2O4. The number of carbonyl (C=O) groups excluding carboxylic acids is 1. The number of carbonyl (C=O) groups is 2. The van der Waals surface area contributed by atoms with Crippen LogP contribution in [0.15, 0.2) is 41.2 Å². The third-order valence-electron chi connectivity index (χ3n) is 5.47. The largest absolute Gasteiger partial charge is 0.481 e. The fourth-order valence-electron chi connectivity index (χ4n) is 4.03. The number of aromatic nitrogens is 1. The molecule has 2 atom stereocenters. The first-order valence-electron chi connectivity index (χ1n) is 9.11. The van der Waals surface area contributed by atoms with Crippen LogP contribution in [0.1, 0.15) is 40.0 Å². The average Bonchev–Trinajstić information content (AvgIpc) is 3.11. The van der Waals surface area contributed by atoms with Gasteiger partial charge < -0.3 is 14.6 Å². The maximum Gasteiger partial charge on any atom is 0.308 e. The molecule has 1 aliphatic heterocycles. The number of aliphatic carboxylic acids is 1. The molecule has 0 radical (unpaired) electrons. The number of pyridine rings is 1. The molecule has 3 rings (SSSR count). The molecule has 1 aromatic heterocycles. The van der Waals surface area contributed by atoms with Gasteiger partial charge in [-0.3, -0.25) is 14.4 Å². The fraction of sp³-hybridized carbons (Fsp3) is 0.381. The van der Waals surface area contributed by atoms with Crippen LogP contribution in [-0.2, 0) is 18.3 Å². The number of amides is 1. The van der Waals surface area contributed by atoms with Gasteiger partial charge in [-0.1, -0.05) is 37.3 Å². The minimum absolute atomic E-state index is 0.102. The van der Waals surface area contributed by atoms with Crippen LogP contribution in [-0.4, -0.2) is 39.5 Å². The molecule has 0 spiro atoms. The highest BCUT2D eigenvalue weighted by Gasteiger charge is 2.41. The van der Waals surface area contributed by atoms with Crippen LogP contribution in [0.4, 0.5) is 0 Å². The molecule has 6 heteroatoms. The summed E-state index contributed by atoms with van der Waals surface area (Å²) < 4.78 is 1.52. The van der Waals surface area contributed by atoms with Gasteiger partial charge in [0.15, 0.2) is 0 Å². The number of hydrogen-bond donors (Lipinski definition) is 1.